The van der Waals surface area contributed by atoms with Crippen molar-refractivity contribution in [3.05, 3.63) is 0 Å². The summed E-state index contributed by atoms with van der Waals surface area (Å²) in [6, 6.07) is 0. The van der Waals surface area contributed by atoms with E-state index in [0.717, 1.165) is 0 Å². The smallest absolute Gasteiger partial charge is 1.00 e. The number of carbonyl (C=O) groups is 1. The molecule has 0 unspecified atom stereocenters. The molecule has 0 heterocycles. The van der Waals surface area contributed by atoms with Crippen molar-refractivity contribution in [1.29, 1.82) is 0 Å². The molecule has 5 heteroatoms. The van der Waals surface area contributed by atoms with E-state index in [0.29, 0.717) is 0 Å². The second-order valence-corrected chi connectivity index (χ2v) is 0.283. The molecule has 0 aliphatic rings. The summed E-state index contributed by atoms with van der Waals surface area (Å²) in [4.78, 5) is 8.56. The summed E-state index contributed by atoms with van der Waals surface area (Å²) in [6.07, 6.45) is -1.83. The minimum atomic E-state index is -1.83. The van der Waals surface area contributed by atoms with Gasteiger partial charge in [-0.1, -0.05) is 0 Å². The van der Waals surface area contributed by atoms with Crippen LogP contribution in [0.3, 0.4) is 0 Å². The predicted molar refractivity (Wildman–Crippen MR) is 18.6 cm³/mol. The van der Waals surface area contributed by atoms with E-state index >= 15 is 0 Å². The van der Waals surface area contributed by atoms with Crippen LogP contribution in [-0.2, 0) is 21.7 Å². The summed E-state index contributed by atoms with van der Waals surface area (Å²) < 4.78 is 0. The fraction of sp³-hybridized carbons (Fsp3) is 0. The first-order chi connectivity index (χ1) is 1.73. The van der Waals surface area contributed by atoms with E-state index in [-0.39, 0.29) is 73.5 Å². The minimum Gasteiger partial charge on any atom is -1.00 e. The molecule has 0 saturated heterocycles. The van der Waals surface area contributed by atoms with Crippen LogP contribution < -0.4 is 0 Å². The summed E-state index contributed by atoms with van der Waals surface area (Å²) in [5, 5.41) is 13.9. The van der Waals surface area contributed by atoms with Crippen LogP contribution in [0.4, 0.5) is 4.79 Å². The Morgan fingerprint density at radius 1 is 1.50 bits per heavy atom. The van der Waals surface area contributed by atoms with Gasteiger partial charge in [-0.3, -0.25) is 0 Å². The molecule has 0 aliphatic carbocycles. The molecular formula is CH4BaO3Ti. The van der Waals surface area contributed by atoms with Crippen molar-refractivity contribution in [3.8, 4) is 0 Å². The third-order valence-corrected chi connectivity index (χ3v) is 0. The van der Waals surface area contributed by atoms with Crippen LogP contribution in [0.2, 0.25) is 0 Å². The van der Waals surface area contributed by atoms with Gasteiger partial charge in [0, 0.05) is 21.7 Å². The Kier molecular flexibility index (Phi) is 25.4. The van der Waals surface area contributed by atoms with Gasteiger partial charge in [-0.15, -0.1) is 0 Å². The Hall–Kier alpha value is 1.56. The molecule has 0 spiro atoms. The Labute approximate surface area is 93.0 Å². The molecule has 0 saturated carbocycles. The Balaban J connectivity index is -0.00000000750. The van der Waals surface area contributed by atoms with Gasteiger partial charge in [-0.05, 0) is 0 Å². The molecule has 0 aromatic carbocycles. The van der Waals surface area contributed by atoms with E-state index in [9.17, 15) is 0 Å². The molecule has 0 radical (unpaired) electrons. The maximum atomic E-state index is 8.56. The van der Waals surface area contributed by atoms with Crippen molar-refractivity contribution < 1.29 is 39.6 Å². The van der Waals surface area contributed by atoms with E-state index in [1.165, 1.54) is 0 Å². The quantitative estimate of drug-likeness (QED) is 0.597. The van der Waals surface area contributed by atoms with Crippen LogP contribution in [0.25, 0.3) is 0 Å². The van der Waals surface area contributed by atoms with Gasteiger partial charge in [0.1, 0.15) is 0 Å². The van der Waals surface area contributed by atoms with Crippen LogP contribution in [0.1, 0.15) is 2.85 Å². The normalized spacial score (nSPS) is 4.00. The first kappa shape index (κ1) is 15.6. The fourth-order valence-corrected chi connectivity index (χ4v) is 0. The summed E-state index contributed by atoms with van der Waals surface area (Å²) in [7, 11) is 0. The van der Waals surface area contributed by atoms with Crippen molar-refractivity contribution in [2.75, 3.05) is 0 Å². The molecule has 0 amide bonds. The standard InChI is InChI=1S/CH2O3.Ba.Ti.2H/c2-1(3)4;;;;/h(H2,2,3,4);;;;/q;+2;;2*-1. The molecule has 2 N–H and O–H groups in total. The molecular weight excluding hydrogens is 245 g/mol. The van der Waals surface area contributed by atoms with Crippen LogP contribution in [0, 0.1) is 0 Å². The molecule has 3 nitrogen and oxygen atoms in total. The van der Waals surface area contributed by atoms with Gasteiger partial charge < -0.3 is 13.1 Å². The Morgan fingerprint density at radius 2 is 1.50 bits per heavy atom. The second-order valence-electron chi connectivity index (χ2n) is 0.283. The van der Waals surface area contributed by atoms with Crippen LogP contribution >= 0.6 is 0 Å². The Morgan fingerprint density at radius 3 is 1.50 bits per heavy atom. The van der Waals surface area contributed by atoms with Crippen molar-refractivity contribution >= 4 is 55.0 Å². The fourth-order valence-electron chi connectivity index (χ4n) is 0. The summed E-state index contributed by atoms with van der Waals surface area (Å²) in [5.41, 5.74) is 0. The van der Waals surface area contributed by atoms with Gasteiger partial charge in [-0.2, -0.15) is 0 Å². The number of hydrogen-bond acceptors (Lipinski definition) is 1. The SMILES string of the molecule is O=C(O)O.[Ba+2].[H-].[H-].[Ti]. The Bertz CT molecular complexity index is 40.3. The number of rotatable bonds is 0. The zero-order chi connectivity index (χ0) is 3.58. The zero-order valence-electron chi connectivity index (χ0n) is 5.01. The molecule has 6 heavy (non-hydrogen) atoms. The molecule has 0 rings (SSSR count). The maximum Gasteiger partial charge on any atom is 2.00 e. The van der Waals surface area contributed by atoms with Gasteiger partial charge in [0.15, 0.2) is 0 Å². The average Bonchev–Trinajstić information content (AvgIpc) is 0.811. The van der Waals surface area contributed by atoms with E-state index < -0.39 is 6.16 Å². The van der Waals surface area contributed by atoms with Crippen LogP contribution in [0.5, 0.6) is 0 Å². The third kappa shape index (κ3) is 47.6. The minimum absolute atomic E-state index is 0. The first-order valence-corrected chi connectivity index (χ1v) is 0.651. The van der Waals surface area contributed by atoms with E-state index in [2.05, 4.69) is 0 Å². The van der Waals surface area contributed by atoms with Gasteiger partial charge in [0.25, 0.3) is 0 Å². The number of hydrogen-bond donors (Lipinski definition) is 2. The van der Waals surface area contributed by atoms with Crippen LogP contribution in [0.15, 0.2) is 0 Å². The molecule has 0 bridgehead atoms. The average molecular weight is 249 g/mol. The van der Waals surface area contributed by atoms with Crippen molar-refractivity contribution in [1.82, 2.24) is 0 Å². The van der Waals surface area contributed by atoms with E-state index in [1.807, 2.05) is 0 Å². The largest absolute Gasteiger partial charge is 2.00 e. The van der Waals surface area contributed by atoms with Crippen molar-refractivity contribution in [3.63, 3.8) is 0 Å². The molecule has 0 fully saturated rings. The van der Waals surface area contributed by atoms with Gasteiger partial charge in [0.05, 0.1) is 0 Å². The molecule has 0 aliphatic heterocycles. The predicted octanol–water partition coefficient (Wildman–Crippen LogP) is 0.0641. The topological polar surface area (TPSA) is 57.5 Å². The summed E-state index contributed by atoms with van der Waals surface area (Å²) in [5.74, 6) is 0. The van der Waals surface area contributed by atoms with E-state index in [4.69, 9.17) is 15.0 Å². The van der Waals surface area contributed by atoms with Gasteiger partial charge in [0.2, 0.25) is 0 Å². The molecule has 0 aromatic heterocycles. The van der Waals surface area contributed by atoms with Crippen LogP contribution in [-0.4, -0.2) is 65.2 Å². The summed E-state index contributed by atoms with van der Waals surface area (Å²) >= 11 is 0. The molecule has 0 atom stereocenters. The number of carboxylic acid groups (broad SMARTS) is 2. The zero-order valence-corrected chi connectivity index (χ0v) is 9.01. The van der Waals surface area contributed by atoms with Gasteiger partial charge in [-0.25, -0.2) is 4.79 Å². The van der Waals surface area contributed by atoms with Crippen molar-refractivity contribution in [2.24, 2.45) is 0 Å². The third-order valence-electron chi connectivity index (χ3n) is 0. The second kappa shape index (κ2) is 9.75. The molecule has 32 valence electrons. The molecule has 0 aromatic rings. The maximum absolute atomic E-state index is 8.56. The summed E-state index contributed by atoms with van der Waals surface area (Å²) in [6.45, 7) is 0. The first-order valence-electron chi connectivity index (χ1n) is 0.651. The van der Waals surface area contributed by atoms with E-state index in [1.54, 1.807) is 0 Å². The monoisotopic (exact) mass is 250 g/mol. The van der Waals surface area contributed by atoms with Gasteiger partial charge >= 0.3 is 55.0 Å². The van der Waals surface area contributed by atoms with Crippen molar-refractivity contribution in [2.45, 2.75) is 0 Å².